The molecule has 0 amide bonds. The van der Waals surface area contributed by atoms with Crippen molar-refractivity contribution in [3.05, 3.63) is 47.5 Å². The number of carbonyl (C=O) groups excluding carboxylic acids is 2. The van der Waals surface area contributed by atoms with Gasteiger partial charge < -0.3 is 9.47 Å². The summed E-state index contributed by atoms with van der Waals surface area (Å²) in [6.07, 6.45) is -0.789. The molecule has 9 nitrogen and oxygen atoms in total. The molecule has 0 radical (unpaired) electrons. The molecule has 1 aromatic heterocycles. The quantitative estimate of drug-likeness (QED) is 0.527. The van der Waals surface area contributed by atoms with Crippen molar-refractivity contribution in [3.8, 4) is 0 Å². The highest BCUT2D eigenvalue weighted by Crippen LogP contribution is 2.25. The molecule has 0 aliphatic rings. The Morgan fingerprint density at radius 3 is 2.06 bits per heavy atom. The van der Waals surface area contributed by atoms with Crippen LogP contribution in [0.2, 0.25) is 0 Å². The fourth-order valence-corrected chi connectivity index (χ4v) is 4.50. The summed E-state index contributed by atoms with van der Waals surface area (Å²) < 4.78 is 46.9. The van der Waals surface area contributed by atoms with Crippen molar-refractivity contribution in [2.45, 2.75) is 44.8 Å². The van der Waals surface area contributed by atoms with Crippen molar-refractivity contribution in [1.82, 2.24) is 8.75 Å². The largest absolute Gasteiger partial charge is 0.459 e. The molecule has 11 heteroatoms. The summed E-state index contributed by atoms with van der Waals surface area (Å²) in [5.74, 6) is -1.39. The van der Waals surface area contributed by atoms with Gasteiger partial charge in [0.25, 0.3) is 10.0 Å². The number of esters is 2. The van der Waals surface area contributed by atoms with Crippen LogP contribution in [0.1, 0.15) is 48.4 Å². The summed E-state index contributed by atoms with van der Waals surface area (Å²) in [5, 5.41) is 0. The number of sulfonamides is 1. The van der Waals surface area contributed by atoms with Gasteiger partial charge in [-0.2, -0.15) is 8.75 Å². The van der Waals surface area contributed by atoms with E-state index in [0.717, 1.165) is 11.7 Å². The van der Waals surface area contributed by atoms with E-state index in [1.807, 2.05) is 0 Å². The van der Waals surface area contributed by atoms with Crippen molar-refractivity contribution in [2.75, 3.05) is 4.72 Å². The zero-order valence-electron chi connectivity index (χ0n) is 17.3. The number of aromatic nitrogens is 2. The number of fused-ring (bicyclic) bond motifs is 1. The van der Waals surface area contributed by atoms with Gasteiger partial charge in [-0.25, -0.2) is 18.0 Å². The molecule has 0 aliphatic carbocycles. The summed E-state index contributed by atoms with van der Waals surface area (Å²) in [7, 11) is -4.09. The maximum Gasteiger partial charge on any atom is 0.338 e. The minimum Gasteiger partial charge on any atom is -0.459 e. The molecule has 0 saturated heterocycles. The number of hydrogen-bond donors (Lipinski definition) is 1. The average molecular weight is 464 g/mol. The van der Waals surface area contributed by atoms with Crippen LogP contribution in [0.5, 0.6) is 0 Å². The molecular formula is C20H21N3O6S2. The number of rotatable bonds is 7. The second-order valence-electron chi connectivity index (χ2n) is 7.20. The summed E-state index contributed by atoms with van der Waals surface area (Å²) in [5.41, 5.74) is 0.712. The van der Waals surface area contributed by atoms with Crippen molar-refractivity contribution >= 4 is 50.4 Å². The number of hydrogen-bond acceptors (Lipinski definition) is 9. The molecule has 0 spiro atoms. The molecule has 0 atom stereocenters. The number of benzene rings is 2. The fourth-order valence-electron chi connectivity index (χ4n) is 2.69. The summed E-state index contributed by atoms with van der Waals surface area (Å²) in [6.45, 7) is 6.73. The Morgan fingerprint density at radius 1 is 0.935 bits per heavy atom. The molecule has 0 fully saturated rings. The smallest absolute Gasteiger partial charge is 0.338 e. The maximum atomic E-state index is 13.0. The third-order valence-electron chi connectivity index (χ3n) is 3.88. The minimum atomic E-state index is -4.09. The van der Waals surface area contributed by atoms with Gasteiger partial charge in [-0.1, -0.05) is 6.07 Å². The number of ether oxygens (including phenoxy) is 2. The van der Waals surface area contributed by atoms with E-state index >= 15 is 0 Å². The van der Waals surface area contributed by atoms with Gasteiger partial charge in [-0.05, 0) is 58.0 Å². The lowest BCUT2D eigenvalue weighted by Crippen LogP contribution is -2.18. The average Bonchev–Trinajstić information content (AvgIpc) is 3.15. The zero-order valence-corrected chi connectivity index (χ0v) is 18.9. The molecule has 164 valence electrons. The van der Waals surface area contributed by atoms with E-state index in [1.165, 1.54) is 24.3 Å². The van der Waals surface area contributed by atoms with Crippen molar-refractivity contribution in [3.63, 3.8) is 0 Å². The summed E-state index contributed by atoms with van der Waals surface area (Å²) in [6, 6.07) is 8.51. The lowest BCUT2D eigenvalue weighted by Gasteiger charge is -2.14. The predicted octanol–water partition coefficient (Wildman–Crippen LogP) is 3.62. The van der Waals surface area contributed by atoms with E-state index in [-0.39, 0.29) is 27.2 Å². The summed E-state index contributed by atoms with van der Waals surface area (Å²) >= 11 is 0.899. The molecule has 0 saturated carbocycles. The van der Waals surface area contributed by atoms with Crippen LogP contribution in [0.3, 0.4) is 0 Å². The van der Waals surface area contributed by atoms with Crippen molar-refractivity contribution in [2.24, 2.45) is 0 Å². The molecule has 1 N–H and O–H groups in total. The van der Waals surface area contributed by atoms with Crippen LogP contribution in [-0.4, -0.2) is 41.3 Å². The van der Waals surface area contributed by atoms with Gasteiger partial charge in [0.15, 0.2) is 0 Å². The number of anilines is 1. The third-order valence-corrected chi connectivity index (χ3v) is 5.84. The zero-order chi connectivity index (χ0) is 22.8. The molecule has 0 unspecified atom stereocenters. The van der Waals surface area contributed by atoms with E-state index in [2.05, 4.69) is 13.5 Å². The monoisotopic (exact) mass is 463 g/mol. The van der Waals surface area contributed by atoms with Gasteiger partial charge in [0.1, 0.15) is 15.9 Å². The lowest BCUT2D eigenvalue weighted by molar-refractivity contribution is 0.0377. The van der Waals surface area contributed by atoms with Crippen molar-refractivity contribution < 1.29 is 27.5 Å². The molecule has 0 aliphatic heterocycles. The van der Waals surface area contributed by atoms with Gasteiger partial charge in [-0.3, -0.25) is 4.72 Å². The van der Waals surface area contributed by atoms with Gasteiger partial charge >= 0.3 is 11.9 Å². The Balaban J connectivity index is 2.03. The van der Waals surface area contributed by atoms with E-state index in [1.54, 1.807) is 39.8 Å². The van der Waals surface area contributed by atoms with Gasteiger partial charge in [-0.15, -0.1) is 0 Å². The molecule has 0 bridgehead atoms. The molecule has 2 aromatic carbocycles. The normalized spacial score (nSPS) is 11.7. The molecule has 1 heterocycles. The molecular weight excluding hydrogens is 442 g/mol. The first kappa shape index (κ1) is 22.6. The predicted molar refractivity (Wildman–Crippen MR) is 116 cm³/mol. The molecule has 31 heavy (non-hydrogen) atoms. The second-order valence-corrected chi connectivity index (χ2v) is 9.38. The third kappa shape index (κ3) is 5.36. The van der Waals surface area contributed by atoms with Crippen LogP contribution in [0, 0.1) is 0 Å². The van der Waals surface area contributed by atoms with Crippen LogP contribution in [-0.2, 0) is 19.5 Å². The first-order valence-electron chi connectivity index (χ1n) is 9.38. The van der Waals surface area contributed by atoms with Crippen molar-refractivity contribution in [1.29, 1.82) is 0 Å². The first-order chi connectivity index (χ1) is 14.6. The van der Waals surface area contributed by atoms with E-state index in [0.29, 0.717) is 5.52 Å². The Labute approximate surface area is 183 Å². The lowest BCUT2D eigenvalue weighted by atomic mass is 10.1. The number of carbonyl (C=O) groups is 2. The van der Waals surface area contributed by atoms with Crippen LogP contribution in [0.15, 0.2) is 41.3 Å². The topological polar surface area (TPSA) is 125 Å². The van der Waals surface area contributed by atoms with Crippen LogP contribution >= 0.6 is 11.7 Å². The SMILES string of the molecule is CC(C)OC(=O)c1cc(NS(=O)(=O)c2cccc3nsnc23)cc(C(=O)OC(C)C)c1. The maximum absolute atomic E-state index is 13.0. The van der Waals surface area contributed by atoms with Gasteiger partial charge in [0.2, 0.25) is 0 Å². The minimum absolute atomic E-state index is 0.00843. The highest BCUT2D eigenvalue weighted by molar-refractivity contribution is 7.93. The van der Waals surface area contributed by atoms with E-state index in [4.69, 9.17) is 9.47 Å². The van der Waals surface area contributed by atoms with Gasteiger partial charge in [0.05, 0.1) is 40.8 Å². The number of nitrogens with one attached hydrogen (secondary N) is 1. The number of nitrogens with zero attached hydrogens (tertiary/aromatic N) is 2. The summed E-state index contributed by atoms with van der Waals surface area (Å²) in [4.78, 5) is 24.8. The fraction of sp³-hybridized carbons (Fsp3) is 0.300. The highest BCUT2D eigenvalue weighted by Gasteiger charge is 2.22. The Bertz CT molecular complexity index is 1190. The van der Waals surface area contributed by atoms with Crippen LogP contribution in [0.25, 0.3) is 11.0 Å². The Morgan fingerprint density at radius 2 is 1.52 bits per heavy atom. The van der Waals surface area contributed by atoms with Crippen LogP contribution in [0.4, 0.5) is 5.69 Å². The first-order valence-corrected chi connectivity index (χ1v) is 11.6. The second kappa shape index (κ2) is 8.98. The van der Waals surface area contributed by atoms with Gasteiger partial charge in [0, 0.05) is 0 Å². The Hall–Kier alpha value is -3.05. The molecule has 3 aromatic rings. The Kier molecular flexibility index (Phi) is 6.56. The highest BCUT2D eigenvalue weighted by atomic mass is 32.2. The molecule has 3 rings (SSSR count). The standard InChI is InChI=1S/C20H21N3O6S2/c1-11(2)28-19(24)13-8-14(20(25)29-12(3)4)10-15(9-13)23-31(26,27)17-7-5-6-16-18(17)22-30-21-16/h5-12,23H,1-4H3. The van der Waals surface area contributed by atoms with E-state index in [9.17, 15) is 18.0 Å². The van der Waals surface area contributed by atoms with Crippen LogP contribution < -0.4 is 4.72 Å². The van der Waals surface area contributed by atoms with E-state index < -0.39 is 34.2 Å².